The molecule has 1 saturated heterocycles. The lowest BCUT2D eigenvalue weighted by molar-refractivity contribution is -0.175. The number of ketones is 1. The fourth-order valence-corrected chi connectivity index (χ4v) is 3.12. The minimum Gasteiger partial charge on any atom is -0.491 e. The van der Waals surface area contributed by atoms with Crippen LogP contribution in [0.4, 0.5) is 4.39 Å². The fourth-order valence-electron chi connectivity index (χ4n) is 3.12. The van der Waals surface area contributed by atoms with Crippen LogP contribution in [0.1, 0.15) is 32.2 Å². The summed E-state index contributed by atoms with van der Waals surface area (Å²) in [4.78, 5) is 17.1. The normalized spacial score (nSPS) is 17.4. The molecule has 1 aromatic heterocycles. The fraction of sp³-hybridized carbons (Fsp3) is 0.526. The number of unbranched alkanes of at least 4 members (excludes halogenated alkanes) is 1. The molecule has 0 bridgehead atoms. The number of carbonyl (C=O) groups is 1. The molecule has 3 rings (SSSR count). The van der Waals surface area contributed by atoms with Crippen molar-refractivity contribution < 1.29 is 23.4 Å². The first-order valence-electron chi connectivity index (χ1n) is 9.01. The van der Waals surface area contributed by atoms with Crippen LogP contribution in [0.2, 0.25) is 0 Å². The van der Waals surface area contributed by atoms with Crippen molar-refractivity contribution >= 4 is 5.78 Å². The van der Waals surface area contributed by atoms with E-state index in [1.165, 1.54) is 12.4 Å². The molecule has 1 atom stereocenters. The summed E-state index contributed by atoms with van der Waals surface area (Å²) < 4.78 is 31.3. The Morgan fingerprint density at radius 2 is 2.11 bits per heavy atom. The van der Waals surface area contributed by atoms with Crippen LogP contribution < -0.4 is 4.74 Å². The van der Waals surface area contributed by atoms with E-state index in [2.05, 4.69) is 10.1 Å². The van der Waals surface area contributed by atoms with Gasteiger partial charge in [0.05, 0.1) is 25.2 Å². The molecule has 1 aliphatic rings. The van der Waals surface area contributed by atoms with Gasteiger partial charge in [0.2, 0.25) is 0 Å². The Bertz CT molecular complexity index is 732. The summed E-state index contributed by atoms with van der Waals surface area (Å²) in [7, 11) is 0. The summed E-state index contributed by atoms with van der Waals surface area (Å²) in [5, 5.41) is 4.14. The zero-order valence-electron chi connectivity index (χ0n) is 15.3. The van der Waals surface area contributed by atoms with Gasteiger partial charge < -0.3 is 14.2 Å². The number of carbonyl (C=O) groups excluding carboxylic acids is 1. The van der Waals surface area contributed by atoms with Crippen molar-refractivity contribution in [1.29, 1.82) is 0 Å². The Labute approximate surface area is 157 Å². The van der Waals surface area contributed by atoms with Gasteiger partial charge in [0, 0.05) is 0 Å². The first kappa shape index (κ1) is 19.4. The zero-order valence-corrected chi connectivity index (χ0v) is 15.3. The first-order chi connectivity index (χ1) is 13.1. The van der Waals surface area contributed by atoms with Crippen molar-refractivity contribution in [2.45, 2.75) is 32.2 Å². The number of hydrogen-bond donors (Lipinski definition) is 0. The van der Waals surface area contributed by atoms with Crippen LogP contribution in [-0.4, -0.2) is 47.2 Å². The van der Waals surface area contributed by atoms with E-state index in [1.807, 2.05) is 6.92 Å². The highest BCUT2D eigenvalue weighted by atomic mass is 19.1. The molecule has 27 heavy (non-hydrogen) atoms. The third-order valence-corrected chi connectivity index (χ3v) is 4.63. The minimum atomic E-state index is -0.710. The zero-order chi connectivity index (χ0) is 19.1. The number of para-hydroxylation sites is 1. The molecule has 1 unspecified atom stereocenters. The molecule has 0 saturated carbocycles. The van der Waals surface area contributed by atoms with Crippen LogP contribution in [0, 0.1) is 11.2 Å². The summed E-state index contributed by atoms with van der Waals surface area (Å²) in [5.74, 6) is -0.119. The highest BCUT2D eigenvalue weighted by Crippen LogP contribution is 2.30. The lowest BCUT2D eigenvalue weighted by atomic mass is 9.82. The van der Waals surface area contributed by atoms with Crippen LogP contribution in [0.25, 0.3) is 0 Å². The summed E-state index contributed by atoms with van der Waals surface area (Å²) >= 11 is 0. The highest BCUT2D eigenvalue weighted by Gasteiger charge is 2.41. The molecule has 146 valence electrons. The van der Waals surface area contributed by atoms with Gasteiger partial charge in [0.15, 0.2) is 17.3 Å². The van der Waals surface area contributed by atoms with Gasteiger partial charge in [-0.25, -0.2) is 14.1 Å². The van der Waals surface area contributed by atoms with Crippen LogP contribution in [0.5, 0.6) is 5.75 Å². The van der Waals surface area contributed by atoms with E-state index in [1.54, 1.807) is 29.2 Å². The Balaban J connectivity index is 1.55. The minimum absolute atomic E-state index is 0.0164. The molecular formula is C19H24FN3O4. The van der Waals surface area contributed by atoms with E-state index < -0.39 is 11.5 Å². The van der Waals surface area contributed by atoms with Gasteiger partial charge in [-0.3, -0.25) is 4.79 Å². The summed E-state index contributed by atoms with van der Waals surface area (Å²) in [6.45, 7) is 3.09. The third kappa shape index (κ3) is 4.90. The van der Waals surface area contributed by atoms with Gasteiger partial charge in [-0.15, -0.1) is 0 Å². The summed E-state index contributed by atoms with van der Waals surface area (Å²) in [6.07, 6.45) is 4.96. The quantitative estimate of drug-likeness (QED) is 0.626. The second-order valence-electron chi connectivity index (χ2n) is 6.91. The number of ether oxygens (including phenoxy) is 3. The second kappa shape index (κ2) is 9.05. The Morgan fingerprint density at radius 1 is 1.33 bits per heavy atom. The Morgan fingerprint density at radius 3 is 2.81 bits per heavy atom. The molecular weight excluding hydrogens is 353 g/mol. The molecule has 0 spiro atoms. The molecule has 8 heteroatoms. The van der Waals surface area contributed by atoms with Gasteiger partial charge in [-0.1, -0.05) is 12.1 Å². The first-order valence-corrected chi connectivity index (χ1v) is 9.01. The maximum Gasteiger partial charge on any atom is 0.167 e. The van der Waals surface area contributed by atoms with E-state index >= 15 is 0 Å². The van der Waals surface area contributed by atoms with Crippen molar-refractivity contribution in [2.75, 3.05) is 26.6 Å². The van der Waals surface area contributed by atoms with Crippen LogP contribution in [0.15, 0.2) is 36.9 Å². The smallest absolute Gasteiger partial charge is 0.167 e. The number of hydrogen-bond acceptors (Lipinski definition) is 6. The number of nitrogens with zero attached hydrogens (tertiary/aromatic N) is 3. The van der Waals surface area contributed by atoms with Crippen LogP contribution in [0.3, 0.4) is 0 Å². The van der Waals surface area contributed by atoms with E-state index in [9.17, 15) is 9.18 Å². The second-order valence-corrected chi connectivity index (χ2v) is 6.91. The number of halogens is 1. The lowest BCUT2D eigenvalue weighted by Gasteiger charge is -2.34. The topological polar surface area (TPSA) is 75.5 Å². The Kier molecular flexibility index (Phi) is 6.52. The van der Waals surface area contributed by atoms with Gasteiger partial charge in [0.1, 0.15) is 25.5 Å². The van der Waals surface area contributed by atoms with Crippen molar-refractivity contribution in [3.63, 3.8) is 0 Å². The van der Waals surface area contributed by atoms with Crippen molar-refractivity contribution in [3.05, 3.63) is 42.7 Å². The van der Waals surface area contributed by atoms with Gasteiger partial charge in [0.25, 0.3) is 0 Å². The molecule has 1 aliphatic heterocycles. The number of benzene rings is 1. The highest BCUT2D eigenvalue weighted by molar-refractivity contribution is 5.88. The van der Waals surface area contributed by atoms with Gasteiger partial charge >= 0.3 is 0 Å². The van der Waals surface area contributed by atoms with Crippen molar-refractivity contribution in [1.82, 2.24) is 14.8 Å². The van der Waals surface area contributed by atoms with Crippen molar-refractivity contribution in [3.8, 4) is 5.75 Å². The van der Waals surface area contributed by atoms with E-state index in [-0.39, 0.29) is 24.1 Å². The predicted octanol–water partition coefficient (Wildman–Crippen LogP) is 2.79. The average Bonchev–Trinajstić information content (AvgIpc) is 3.20. The standard InChI is InChI=1S/C19H24FN3O4/c1-19(10-25-14-26-11-19)18(24)16(23-13-21-12-22-23)7-4-5-9-27-17-8-3-2-6-15(17)20/h2-3,6,8,12-13,16H,4-5,7,9-11,14H2,1H3. The lowest BCUT2D eigenvalue weighted by Crippen LogP contribution is -2.45. The molecule has 1 fully saturated rings. The third-order valence-electron chi connectivity index (χ3n) is 4.63. The van der Waals surface area contributed by atoms with E-state index in [0.29, 0.717) is 32.7 Å². The van der Waals surface area contributed by atoms with Crippen LogP contribution in [-0.2, 0) is 14.3 Å². The average molecular weight is 377 g/mol. The molecule has 2 aromatic rings. The SMILES string of the molecule is CC1(C(=O)C(CCCCOc2ccccc2F)n2cncn2)COCOC1. The molecule has 2 heterocycles. The summed E-state index contributed by atoms with van der Waals surface area (Å²) in [5.41, 5.74) is -0.710. The predicted molar refractivity (Wildman–Crippen MR) is 94.7 cm³/mol. The number of Topliss-reactive ketones (excluding diaryl/α,β-unsaturated/α-hetero) is 1. The van der Waals surface area contributed by atoms with E-state index in [4.69, 9.17) is 14.2 Å². The maximum atomic E-state index is 13.6. The van der Waals surface area contributed by atoms with Crippen LogP contribution >= 0.6 is 0 Å². The molecule has 0 N–H and O–H groups in total. The van der Waals surface area contributed by atoms with Gasteiger partial charge in [-0.2, -0.15) is 5.10 Å². The van der Waals surface area contributed by atoms with E-state index in [0.717, 1.165) is 6.42 Å². The summed E-state index contributed by atoms with van der Waals surface area (Å²) in [6, 6.07) is 5.86. The molecule has 1 aromatic carbocycles. The largest absolute Gasteiger partial charge is 0.491 e. The number of rotatable bonds is 9. The molecule has 0 amide bonds. The van der Waals surface area contributed by atoms with Crippen molar-refractivity contribution in [2.24, 2.45) is 5.41 Å². The molecule has 7 nitrogen and oxygen atoms in total. The maximum absolute atomic E-state index is 13.6. The van der Waals surface area contributed by atoms with Gasteiger partial charge in [-0.05, 0) is 38.3 Å². The Hall–Kier alpha value is -2.32. The molecule has 0 radical (unpaired) electrons. The molecule has 0 aliphatic carbocycles. The monoisotopic (exact) mass is 377 g/mol. The number of aromatic nitrogens is 3.